The lowest BCUT2D eigenvalue weighted by Gasteiger charge is -2.33. The molecule has 2 N–H and O–H groups in total. The minimum Gasteiger partial charge on any atom is -0.376 e. The normalized spacial score (nSPS) is 20.3. The van der Waals surface area contributed by atoms with Gasteiger partial charge in [0.1, 0.15) is 6.23 Å². The lowest BCUT2D eigenvalue weighted by Crippen LogP contribution is -2.45. The van der Waals surface area contributed by atoms with Crippen LogP contribution in [-0.2, 0) is 17.6 Å². The molecule has 0 spiro atoms. The highest BCUT2D eigenvalue weighted by Crippen LogP contribution is 2.27. The van der Waals surface area contributed by atoms with Crippen molar-refractivity contribution >= 4 is 29.4 Å². The molecular formula is C27H34Cl2N2O2. The summed E-state index contributed by atoms with van der Waals surface area (Å²) in [6.07, 6.45) is 8.43. The summed E-state index contributed by atoms with van der Waals surface area (Å²) in [6, 6.07) is 16.3. The molecule has 3 rings (SSSR count). The number of nitrogens with zero attached hydrogens (tertiary/aromatic N) is 1. The van der Waals surface area contributed by atoms with Crippen LogP contribution < -0.4 is 5.32 Å². The SMILES string of the molecule is CC=N/C=C(/CCNC(O)C1CC(CCc2ccccc2)CCO1)Cc1ccc(Cl)c(Cl)c1. The Bertz CT molecular complexity index is 918. The highest BCUT2D eigenvalue weighted by Gasteiger charge is 2.27. The van der Waals surface area contributed by atoms with Crippen molar-refractivity contribution in [1.82, 2.24) is 5.32 Å². The molecule has 0 aromatic heterocycles. The summed E-state index contributed by atoms with van der Waals surface area (Å²) in [7, 11) is 0. The fraction of sp³-hybridized carbons (Fsp3) is 0.444. The van der Waals surface area contributed by atoms with Gasteiger partial charge in [0, 0.05) is 25.6 Å². The van der Waals surface area contributed by atoms with Crippen molar-refractivity contribution in [3.63, 3.8) is 0 Å². The number of aliphatic imine (C=N–C) groups is 1. The molecule has 2 aromatic carbocycles. The number of halogens is 2. The molecule has 3 atom stereocenters. The van der Waals surface area contributed by atoms with Gasteiger partial charge < -0.3 is 9.84 Å². The van der Waals surface area contributed by atoms with Gasteiger partial charge in [-0.1, -0.05) is 59.6 Å². The predicted molar refractivity (Wildman–Crippen MR) is 138 cm³/mol. The first-order chi connectivity index (χ1) is 16.0. The second-order valence-electron chi connectivity index (χ2n) is 8.59. The van der Waals surface area contributed by atoms with Gasteiger partial charge in [-0.3, -0.25) is 10.3 Å². The van der Waals surface area contributed by atoms with Crippen LogP contribution in [0.1, 0.15) is 43.7 Å². The van der Waals surface area contributed by atoms with Crippen LogP contribution in [0.3, 0.4) is 0 Å². The van der Waals surface area contributed by atoms with E-state index in [1.807, 2.05) is 31.3 Å². The number of aryl methyl sites for hydroxylation is 1. The molecule has 0 saturated carbocycles. The van der Waals surface area contributed by atoms with E-state index in [0.717, 1.165) is 49.7 Å². The Morgan fingerprint density at radius 3 is 2.76 bits per heavy atom. The molecule has 6 heteroatoms. The number of nitrogens with one attached hydrogen (secondary N) is 1. The van der Waals surface area contributed by atoms with Gasteiger partial charge in [-0.25, -0.2) is 0 Å². The van der Waals surface area contributed by atoms with Gasteiger partial charge in [0.15, 0.2) is 0 Å². The van der Waals surface area contributed by atoms with Gasteiger partial charge in [-0.05, 0) is 80.2 Å². The minimum atomic E-state index is -0.676. The maximum absolute atomic E-state index is 10.7. The Labute approximate surface area is 207 Å². The Hall–Kier alpha value is -1.69. The maximum Gasteiger partial charge on any atom is 0.131 e. The number of aliphatic hydroxyl groups is 1. The third-order valence-electron chi connectivity index (χ3n) is 6.08. The van der Waals surface area contributed by atoms with Crippen LogP contribution in [0.5, 0.6) is 0 Å². The monoisotopic (exact) mass is 488 g/mol. The van der Waals surface area contributed by atoms with Gasteiger partial charge >= 0.3 is 0 Å². The van der Waals surface area contributed by atoms with Crippen molar-refractivity contribution in [2.24, 2.45) is 10.9 Å². The van der Waals surface area contributed by atoms with Gasteiger partial charge in [0.05, 0.1) is 16.1 Å². The maximum atomic E-state index is 10.7. The van der Waals surface area contributed by atoms with Gasteiger partial charge in [0.2, 0.25) is 0 Å². The van der Waals surface area contributed by atoms with Crippen molar-refractivity contribution in [3.8, 4) is 0 Å². The molecule has 0 amide bonds. The summed E-state index contributed by atoms with van der Waals surface area (Å²) in [5.74, 6) is 0.574. The number of hydrogen-bond donors (Lipinski definition) is 2. The van der Waals surface area contributed by atoms with Gasteiger partial charge in [-0.15, -0.1) is 0 Å². The van der Waals surface area contributed by atoms with E-state index in [2.05, 4.69) is 40.6 Å². The summed E-state index contributed by atoms with van der Waals surface area (Å²) in [5.41, 5.74) is 3.60. The Kier molecular flexibility index (Phi) is 10.9. The number of hydrogen-bond acceptors (Lipinski definition) is 4. The first-order valence-electron chi connectivity index (χ1n) is 11.7. The van der Waals surface area contributed by atoms with Crippen molar-refractivity contribution in [2.45, 2.75) is 57.8 Å². The molecule has 0 aliphatic carbocycles. The van der Waals surface area contributed by atoms with E-state index >= 15 is 0 Å². The zero-order valence-corrected chi connectivity index (χ0v) is 20.7. The molecule has 3 unspecified atom stereocenters. The zero-order valence-electron chi connectivity index (χ0n) is 19.2. The molecule has 33 heavy (non-hydrogen) atoms. The van der Waals surface area contributed by atoms with Crippen LogP contribution in [0.4, 0.5) is 0 Å². The lowest BCUT2D eigenvalue weighted by molar-refractivity contribution is -0.0894. The average molecular weight is 489 g/mol. The number of ether oxygens (including phenoxy) is 1. The summed E-state index contributed by atoms with van der Waals surface area (Å²) >= 11 is 12.2. The first kappa shape index (κ1) is 25.9. The van der Waals surface area contributed by atoms with Crippen LogP contribution in [0.25, 0.3) is 0 Å². The third kappa shape index (κ3) is 8.88. The van der Waals surface area contributed by atoms with E-state index in [9.17, 15) is 5.11 Å². The number of aliphatic hydroxyl groups excluding tert-OH is 1. The lowest BCUT2D eigenvalue weighted by atomic mass is 9.89. The summed E-state index contributed by atoms with van der Waals surface area (Å²) in [6.45, 7) is 3.24. The second-order valence-corrected chi connectivity index (χ2v) is 9.41. The third-order valence-corrected chi connectivity index (χ3v) is 6.82. The molecule has 0 radical (unpaired) electrons. The van der Waals surface area contributed by atoms with Crippen LogP contribution in [-0.4, -0.2) is 36.8 Å². The molecule has 0 bridgehead atoms. The van der Waals surface area contributed by atoms with Gasteiger partial charge in [0.25, 0.3) is 0 Å². The molecule has 1 fully saturated rings. The molecule has 2 aromatic rings. The molecule has 178 valence electrons. The Morgan fingerprint density at radius 2 is 2.00 bits per heavy atom. The topological polar surface area (TPSA) is 53.9 Å². The number of benzene rings is 2. The quantitative estimate of drug-likeness (QED) is 0.290. The molecule has 1 saturated heterocycles. The van der Waals surface area contributed by atoms with E-state index < -0.39 is 6.23 Å². The standard InChI is InChI=1S/C27H34Cl2N2O2/c1-2-30-19-23(16-22-10-11-24(28)25(29)17-22)12-14-31-27(32)26-18-21(13-15-33-26)9-8-20-6-4-3-5-7-20/h2-7,10-11,17,19,21,26-27,31-32H,8-9,12-16,18H2,1H3/b23-19-,30-2?. The van der Waals surface area contributed by atoms with Crippen molar-refractivity contribution in [2.75, 3.05) is 13.2 Å². The van der Waals surface area contributed by atoms with E-state index in [1.54, 1.807) is 6.21 Å². The number of rotatable bonds is 11. The van der Waals surface area contributed by atoms with E-state index in [1.165, 1.54) is 5.56 Å². The fourth-order valence-electron chi connectivity index (χ4n) is 4.20. The van der Waals surface area contributed by atoms with Crippen LogP contribution in [0, 0.1) is 5.92 Å². The smallest absolute Gasteiger partial charge is 0.131 e. The van der Waals surface area contributed by atoms with E-state index in [4.69, 9.17) is 27.9 Å². The predicted octanol–water partition coefficient (Wildman–Crippen LogP) is 6.24. The summed E-state index contributed by atoms with van der Waals surface area (Å²) < 4.78 is 5.89. The summed E-state index contributed by atoms with van der Waals surface area (Å²) in [4.78, 5) is 4.29. The van der Waals surface area contributed by atoms with E-state index in [-0.39, 0.29) is 6.10 Å². The molecule has 1 aliphatic rings. The molecule has 4 nitrogen and oxygen atoms in total. The zero-order chi connectivity index (χ0) is 23.5. The largest absolute Gasteiger partial charge is 0.376 e. The molecule has 1 heterocycles. The average Bonchev–Trinajstić information content (AvgIpc) is 2.84. The highest BCUT2D eigenvalue weighted by molar-refractivity contribution is 6.42. The second kappa shape index (κ2) is 13.9. The minimum absolute atomic E-state index is 0.171. The van der Waals surface area contributed by atoms with Crippen LogP contribution in [0.15, 0.2) is 65.3 Å². The molecular weight excluding hydrogens is 455 g/mol. The van der Waals surface area contributed by atoms with E-state index in [0.29, 0.717) is 29.1 Å². The van der Waals surface area contributed by atoms with Crippen LogP contribution in [0.2, 0.25) is 10.0 Å². The van der Waals surface area contributed by atoms with Crippen molar-refractivity contribution in [3.05, 3.63) is 81.5 Å². The van der Waals surface area contributed by atoms with Crippen LogP contribution >= 0.6 is 23.2 Å². The van der Waals surface area contributed by atoms with Crippen molar-refractivity contribution < 1.29 is 9.84 Å². The Morgan fingerprint density at radius 1 is 1.18 bits per heavy atom. The molecule has 1 aliphatic heterocycles. The Balaban J connectivity index is 1.46. The summed E-state index contributed by atoms with van der Waals surface area (Å²) in [5, 5.41) is 15.1. The van der Waals surface area contributed by atoms with Gasteiger partial charge in [-0.2, -0.15) is 0 Å². The van der Waals surface area contributed by atoms with Crippen molar-refractivity contribution in [1.29, 1.82) is 0 Å². The fourth-order valence-corrected chi connectivity index (χ4v) is 4.52. The highest BCUT2D eigenvalue weighted by atomic mass is 35.5. The first-order valence-corrected chi connectivity index (χ1v) is 12.5.